The first-order valence-electron chi connectivity index (χ1n) is 7.70. The van der Waals surface area contributed by atoms with Crippen LogP contribution in [-0.4, -0.2) is 49.0 Å². The summed E-state index contributed by atoms with van der Waals surface area (Å²) in [4.78, 5) is 10.3. The molecule has 1 aromatic heterocycles. The molecule has 0 fully saturated rings. The lowest BCUT2D eigenvalue weighted by Gasteiger charge is -2.23. The highest BCUT2D eigenvalue weighted by Gasteiger charge is 2.16. The number of rotatable bonds is 8. The van der Waals surface area contributed by atoms with Crippen LogP contribution >= 0.6 is 11.6 Å². The van der Waals surface area contributed by atoms with Crippen LogP contribution in [0.25, 0.3) is 0 Å². The van der Waals surface area contributed by atoms with Crippen molar-refractivity contribution in [2.24, 2.45) is 0 Å². The Morgan fingerprint density at radius 2 is 1.96 bits per heavy atom. The van der Waals surface area contributed by atoms with Gasteiger partial charge in [-0.3, -0.25) is 0 Å². The third kappa shape index (κ3) is 4.15. The molecular weight excluding hydrogens is 346 g/mol. The molecule has 25 heavy (non-hydrogen) atoms. The normalized spacial score (nSPS) is 10.4. The number of anilines is 4. The van der Waals surface area contributed by atoms with E-state index in [0.717, 1.165) is 0 Å². The lowest BCUT2D eigenvalue weighted by molar-refractivity contribution is 0.302. The molecule has 0 radical (unpaired) electrons. The maximum absolute atomic E-state index is 9.19. The molecule has 0 aliphatic carbocycles. The number of hydrogen-bond acceptors (Lipinski definition) is 8. The Morgan fingerprint density at radius 3 is 2.56 bits per heavy atom. The van der Waals surface area contributed by atoms with Gasteiger partial charge >= 0.3 is 0 Å². The lowest BCUT2D eigenvalue weighted by Crippen LogP contribution is -2.28. The number of nitrogens with two attached hydrogens (primary N) is 1. The number of likely N-dealkylation sites (N-methyl/N-ethyl adjacent to an activating group) is 1. The molecule has 0 atom stereocenters. The van der Waals surface area contributed by atoms with Gasteiger partial charge in [0.05, 0.1) is 31.5 Å². The van der Waals surface area contributed by atoms with E-state index < -0.39 is 0 Å². The monoisotopic (exact) mass is 367 g/mol. The second kappa shape index (κ2) is 8.59. The Balaban J connectivity index is 2.39. The Kier molecular flexibility index (Phi) is 6.49. The maximum atomic E-state index is 9.19. The predicted octanol–water partition coefficient (Wildman–Crippen LogP) is 2.29. The fourth-order valence-electron chi connectivity index (χ4n) is 2.36. The number of nitrogens with zero attached hydrogens (tertiary/aromatic N) is 3. The SMILES string of the molecule is CCN(CCO)c1ncnc(Nc2cc(Cl)c(OC)cc2OC)c1N. The van der Waals surface area contributed by atoms with Crippen molar-refractivity contribution in [3.63, 3.8) is 0 Å². The Bertz CT molecular complexity index is 729. The van der Waals surface area contributed by atoms with Gasteiger partial charge in [0, 0.05) is 19.2 Å². The highest BCUT2D eigenvalue weighted by Crippen LogP contribution is 2.38. The van der Waals surface area contributed by atoms with Gasteiger partial charge in [-0.2, -0.15) is 0 Å². The molecule has 1 aromatic carbocycles. The van der Waals surface area contributed by atoms with Crippen LogP contribution in [0.15, 0.2) is 18.5 Å². The van der Waals surface area contributed by atoms with E-state index in [0.29, 0.717) is 52.6 Å². The van der Waals surface area contributed by atoms with Crippen molar-refractivity contribution in [1.82, 2.24) is 9.97 Å². The first kappa shape index (κ1) is 18.9. The van der Waals surface area contributed by atoms with Crippen molar-refractivity contribution in [2.75, 3.05) is 49.9 Å². The number of nitrogen functional groups attached to an aromatic ring is 1. The van der Waals surface area contributed by atoms with Crippen molar-refractivity contribution in [3.05, 3.63) is 23.5 Å². The van der Waals surface area contributed by atoms with E-state index in [1.54, 1.807) is 19.2 Å². The molecule has 0 saturated carbocycles. The molecule has 0 aliphatic heterocycles. The molecule has 136 valence electrons. The van der Waals surface area contributed by atoms with E-state index in [2.05, 4.69) is 15.3 Å². The van der Waals surface area contributed by atoms with Gasteiger partial charge in [-0.1, -0.05) is 11.6 Å². The van der Waals surface area contributed by atoms with Crippen molar-refractivity contribution in [1.29, 1.82) is 0 Å². The van der Waals surface area contributed by atoms with Gasteiger partial charge in [-0.25, -0.2) is 9.97 Å². The second-order valence-electron chi connectivity index (χ2n) is 5.07. The van der Waals surface area contributed by atoms with Crippen molar-refractivity contribution in [3.8, 4) is 11.5 Å². The van der Waals surface area contributed by atoms with Crippen LogP contribution < -0.4 is 25.4 Å². The van der Waals surface area contributed by atoms with E-state index in [1.165, 1.54) is 13.4 Å². The van der Waals surface area contributed by atoms with Crippen LogP contribution in [0.2, 0.25) is 5.02 Å². The fraction of sp³-hybridized carbons (Fsp3) is 0.375. The minimum absolute atomic E-state index is 0.00194. The molecule has 0 amide bonds. The first-order valence-corrected chi connectivity index (χ1v) is 8.08. The zero-order chi connectivity index (χ0) is 18.4. The number of benzene rings is 1. The van der Waals surface area contributed by atoms with E-state index in [4.69, 9.17) is 26.8 Å². The quantitative estimate of drug-likeness (QED) is 0.652. The van der Waals surface area contributed by atoms with E-state index in [1.807, 2.05) is 11.8 Å². The molecule has 0 spiro atoms. The van der Waals surface area contributed by atoms with Crippen LogP contribution in [0.5, 0.6) is 11.5 Å². The van der Waals surface area contributed by atoms with Crippen molar-refractivity contribution < 1.29 is 14.6 Å². The van der Waals surface area contributed by atoms with Crippen LogP contribution in [0, 0.1) is 0 Å². The van der Waals surface area contributed by atoms with Gasteiger partial charge in [0.25, 0.3) is 0 Å². The van der Waals surface area contributed by atoms with Gasteiger partial charge in [0.2, 0.25) is 0 Å². The highest BCUT2D eigenvalue weighted by molar-refractivity contribution is 6.32. The average Bonchev–Trinajstić information content (AvgIpc) is 2.62. The molecule has 1 heterocycles. The first-order chi connectivity index (χ1) is 12.0. The van der Waals surface area contributed by atoms with Crippen LogP contribution in [0.4, 0.5) is 23.0 Å². The van der Waals surface area contributed by atoms with Gasteiger partial charge < -0.3 is 30.5 Å². The summed E-state index contributed by atoms with van der Waals surface area (Å²) in [7, 11) is 3.08. The van der Waals surface area contributed by atoms with Crippen molar-refractivity contribution >= 4 is 34.6 Å². The third-order valence-electron chi connectivity index (χ3n) is 3.64. The lowest BCUT2D eigenvalue weighted by atomic mass is 10.2. The van der Waals surface area contributed by atoms with Gasteiger partial charge in [0.1, 0.15) is 23.5 Å². The number of ether oxygens (including phenoxy) is 2. The minimum atomic E-state index is 0.00194. The summed E-state index contributed by atoms with van der Waals surface area (Å²) in [6, 6.07) is 3.35. The Labute approximate surface area is 151 Å². The Morgan fingerprint density at radius 1 is 1.24 bits per heavy atom. The molecule has 2 rings (SSSR count). The summed E-state index contributed by atoms with van der Waals surface area (Å²) in [5.74, 6) is 2.00. The molecule has 0 aliphatic rings. The summed E-state index contributed by atoms with van der Waals surface area (Å²) in [5.41, 5.74) is 7.17. The molecule has 0 unspecified atom stereocenters. The zero-order valence-electron chi connectivity index (χ0n) is 14.4. The zero-order valence-corrected chi connectivity index (χ0v) is 15.2. The summed E-state index contributed by atoms with van der Waals surface area (Å²) in [6.07, 6.45) is 1.41. The predicted molar refractivity (Wildman–Crippen MR) is 99.3 cm³/mol. The number of aromatic nitrogens is 2. The van der Waals surface area contributed by atoms with E-state index in [9.17, 15) is 5.11 Å². The van der Waals surface area contributed by atoms with Crippen LogP contribution in [-0.2, 0) is 0 Å². The van der Waals surface area contributed by atoms with E-state index in [-0.39, 0.29) is 6.61 Å². The summed E-state index contributed by atoms with van der Waals surface area (Å²) in [5, 5.41) is 12.7. The number of aliphatic hydroxyl groups is 1. The van der Waals surface area contributed by atoms with Gasteiger partial charge in [-0.15, -0.1) is 0 Å². The smallest absolute Gasteiger partial charge is 0.159 e. The average molecular weight is 368 g/mol. The van der Waals surface area contributed by atoms with Crippen molar-refractivity contribution in [2.45, 2.75) is 6.92 Å². The topological polar surface area (TPSA) is 106 Å². The fourth-order valence-corrected chi connectivity index (χ4v) is 2.60. The molecule has 4 N–H and O–H groups in total. The summed E-state index contributed by atoms with van der Waals surface area (Å²) < 4.78 is 10.6. The maximum Gasteiger partial charge on any atom is 0.159 e. The van der Waals surface area contributed by atoms with Gasteiger partial charge in [-0.05, 0) is 13.0 Å². The Hall–Kier alpha value is -2.45. The number of halogens is 1. The molecule has 8 nitrogen and oxygen atoms in total. The van der Waals surface area contributed by atoms with Gasteiger partial charge in [0.15, 0.2) is 11.6 Å². The number of hydrogen-bond donors (Lipinski definition) is 3. The standard InChI is InChI=1S/C16H22ClN5O3/c1-4-22(5-6-23)16-14(18)15(19-9-20-16)21-11-7-10(17)12(24-2)8-13(11)25-3/h7-9,23H,4-6,18H2,1-3H3,(H,19,20,21). The summed E-state index contributed by atoms with van der Waals surface area (Å²) >= 11 is 6.19. The second-order valence-corrected chi connectivity index (χ2v) is 5.48. The van der Waals surface area contributed by atoms with Crippen LogP contribution in [0.1, 0.15) is 6.92 Å². The largest absolute Gasteiger partial charge is 0.495 e. The molecule has 9 heteroatoms. The number of methoxy groups -OCH3 is 2. The summed E-state index contributed by atoms with van der Waals surface area (Å²) in [6.45, 7) is 3.03. The number of nitrogens with one attached hydrogen (secondary N) is 1. The molecule has 0 saturated heterocycles. The van der Waals surface area contributed by atoms with Crippen LogP contribution in [0.3, 0.4) is 0 Å². The molecule has 2 aromatic rings. The van der Waals surface area contributed by atoms with E-state index >= 15 is 0 Å². The molecule has 0 bridgehead atoms. The third-order valence-corrected chi connectivity index (χ3v) is 3.94. The molecular formula is C16H22ClN5O3. The highest BCUT2D eigenvalue weighted by atomic mass is 35.5. The minimum Gasteiger partial charge on any atom is -0.495 e. The number of aliphatic hydroxyl groups excluding tert-OH is 1.